The minimum Gasteiger partial charge on any atom is -0.476 e. The van der Waals surface area contributed by atoms with Crippen LogP contribution in [0.4, 0.5) is 5.69 Å². The second kappa shape index (κ2) is 5.62. The first-order valence-corrected chi connectivity index (χ1v) is 5.78. The predicted molar refractivity (Wildman–Crippen MR) is 71.2 cm³/mol. The maximum atomic E-state index is 11.2. The van der Waals surface area contributed by atoms with Crippen LogP contribution in [-0.4, -0.2) is 34.6 Å². The van der Waals surface area contributed by atoms with Crippen molar-refractivity contribution < 1.29 is 9.90 Å². The van der Waals surface area contributed by atoms with Crippen molar-refractivity contribution in [3.63, 3.8) is 0 Å². The second-order valence-electron chi connectivity index (χ2n) is 4.74. The third-order valence-electron chi connectivity index (χ3n) is 2.43. The lowest BCUT2D eigenvalue weighted by Gasteiger charge is -2.20. The van der Waals surface area contributed by atoms with Crippen LogP contribution in [-0.2, 0) is 0 Å². The molecule has 0 radical (unpaired) electrons. The molecule has 98 valence electrons. The van der Waals surface area contributed by atoms with Gasteiger partial charge in [0.15, 0.2) is 5.69 Å². The number of carboxylic acids is 1. The van der Waals surface area contributed by atoms with E-state index in [1.165, 1.54) is 0 Å². The summed E-state index contributed by atoms with van der Waals surface area (Å²) in [4.78, 5) is 21.4. The molecule has 0 aliphatic carbocycles. The minimum absolute atomic E-state index is 0.0393. The summed E-state index contributed by atoms with van der Waals surface area (Å²) in [5.41, 5.74) is 1.49. The highest BCUT2D eigenvalue weighted by Crippen LogP contribution is 2.20. The van der Waals surface area contributed by atoms with Crippen molar-refractivity contribution in [2.45, 2.75) is 26.7 Å². The molecular weight excluding hydrogens is 230 g/mol. The SMILES string of the molecule is C=C(C)CN(C)c1cnc(C(C)C)nc1C(=O)O. The van der Waals surface area contributed by atoms with E-state index in [2.05, 4.69) is 16.5 Å². The van der Waals surface area contributed by atoms with Gasteiger partial charge in [-0.15, -0.1) is 0 Å². The van der Waals surface area contributed by atoms with Gasteiger partial charge < -0.3 is 10.0 Å². The predicted octanol–water partition coefficient (Wildman–Crippen LogP) is 2.31. The highest BCUT2D eigenvalue weighted by molar-refractivity contribution is 5.92. The van der Waals surface area contributed by atoms with E-state index in [0.717, 1.165) is 5.57 Å². The normalized spacial score (nSPS) is 10.5. The van der Waals surface area contributed by atoms with Crippen molar-refractivity contribution in [3.8, 4) is 0 Å². The molecule has 0 saturated heterocycles. The Kier molecular flexibility index (Phi) is 4.42. The summed E-state index contributed by atoms with van der Waals surface area (Å²) in [6.07, 6.45) is 1.56. The fourth-order valence-electron chi connectivity index (χ4n) is 1.59. The summed E-state index contributed by atoms with van der Waals surface area (Å²) in [5, 5.41) is 9.22. The first-order chi connectivity index (χ1) is 8.32. The molecule has 1 aromatic rings. The van der Waals surface area contributed by atoms with E-state index >= 15 is 0 Å². The molecule has 0 bridgehead atoms. The number of carbonyl (C=O) groups is 1. The maximum absolute atomic E-state index is 11.2. The van der Waals surface area contributed by atoms with Gasteiger partial charge in [-0.3, -0.25) is 0 Å². The van der Waals surface area contributed by atoms with Crippen molar-refractivity contribution >= 4 is 11.7 Å². The lowest BCUT2D eigenvalue weighted by atomic mass is 10.2. The van der Waals surface area contributed by atoms with Crippen LogP contribution < -0.4 is 4.90 Å². The molecule has 5 nitrogen and oxygen atoms in total. The lowest BCUT2D eigenvalue weighted by Crippen LogP contribution is -2.23. The van der Waals surface area contributed by atoms with Crippen LogP contribution >= 0.6 is 0 Å². The molecule has 0 saturated carbocycles. The molecule has 0 aliphatic rings. The number of rotatable bonds is 5. The number of carboxylic acid groups (broad SMARTS) is 1. The Morgan fingerprint density at radius 1 is 1.56 bits per heavy atom. The highest BCUT2D eigenvalue weighted by atomic mass is 16.4. The maximum Gasteiger partial charge on any atom is 0.356 e. The van der Waals surface area contributed by atoms with E-state index in [4.69, 9.17) is 0 Å². The van der Waals surface area contributed by atoms with Gasteiger partial charge in [0.2, 0.25) is 0 Å². The van der Waals surface area contributed by atoms with Crippen LogP contribution in [0.25, 0.3) is 0 Å². The third kappa shape index (κ3) is 3.29. The van der Waals surface area contributed by atoms with Gasteiger partial charge in [0, 0.05) is 19.5 Å². The molecule has 1 rings (SSSR count). The molecule has 1 heterocycles. The summed E-state index contributed by atoms with van der Waals surface area (Å²) >= 11 is 0. The second-order valence-corrected chi connectivity index (χ2v) is 4.74. The zero-order valence-corrected chi connectivity index (χ0v) is 11.3. The van der Waals surface area contributed by atoms with Crippen molar-refractivity contribution in [2.75, 3.05) is 18.5 Å². The Bertz CT molecular complexity index is 469. The van der Waals surface area contributed by atoms with Gasteiger partial charge in [0.25, 0.3) is 0 Å². The Balaban J connectivity index is 3.19. The Hall–Kier alpha value is -1.91. The Labute approximate surface area is 107 Å². The van der Waals surface area contributed by atoms with Gasteiger partial charge in [-0.2, -0.15) is 0 Å². The number of likely N-dealkylation sites (N-methyl/N-ethyl adjacent to an activating group) is 1. The van der Waals surface area contributed by atoms with Crippen LogP contribution in [0.2, 0.25) is 0 Å². The molecule has 0 unspecified atom stereocenters. The van der Waals surface area contributed by atoms with Gasteiger partial charge in [0.1, 0.15) is 5.82 Å². The van der Waals surface area contributed by atoms with E-state index in [9.17, 15) is 9.90 Å². The van der Waals surface area contributed by atoms with Crippen LogP contribution in [0.5, 0.6) is 0 Å². The molecular formula is C13H19N3O2. The highest BCUT2D eigenvalue weighted by Gasteiger charge is 2.18. The number of anilines is 1. The molecule has 5 heteroatoms. The molecule has 0 aromatic carbocycles. The summed E-state index contributed by atoms with van der Waals surface area (Å²) in [7, 11) is 1.80. The fraction of sp³-hybridized carbons (Fsp3) is 0.462. The zero-order chi connectivity index (χ0) is 13.9. The van der Waals surface area contributed by atoms with Gasteiger partial charge in [-0.25, -0.2) is 14.8 Å². The molecule has 1 N–H and O–H groups in total. The van der Waals surface area contributed by atoms with Crippen molar-refractivity contribution in [3.05, 3.63) is 29.9 Å². The van der Waals surface area contributed by atoms with Gasteiger partial charge in [0.05, 0.1) is 11.9 Å². The van der Waals surface area contributed by atoms with Crippen molar-refractivity contribution in [1.82, 2.24) is 9.97 Å². The fourth-order valence-corrected chi connectivity index (χ4v) is 1.59. The van der Waals surface area contributed by atoms with Crippen LogP contribution in [0.15, 0.2) is 18.3 Å². The topological polar surface area (TPSA) is 66.3 Å². The number of aromatic nitrogens is 2. The van der Waals surface area contributed by atoms with Crippen molar-refractivity contribution in [2.24, 2.45) is 0 Å². The number of hydrogen-bond donors (Lipinski definition) is 1. The molecule has 0 amide bonds. The van der Waals surface area contributed by atoms with Gasteiger partial charge >= 0.3 is 5.97 Å². The van der Waals surface area contributed by atoms with Crippen LogP contribution in [0.1, 0.15) is 43.0 Å². The Morgan fingerprint density at radius 3 is 2.61 bits per heavy atom. The van der Waals surface area contributed by atoms with E-state index in [1.54, 1.807) is 18.1 Å². The standard InChI is InChI=1S/C13H19N3O2/c1-8(2)7-16(5)10-6-14-12(9(3)4)15-11(10)13(17)18/h6,9H,1,7H2,2-5H3,(H,17,18). The largest absolute Gasteiger partial charge is 0.476 e. The van der Waals surface area contributed by atoms with Gasteiger partial charge in [-0.05, 0) is 6.92 Å². The number of aromatic carboxylic acids is 1. The third-order valence-corrected chi connectivity index (χ3v) is 2.43. The van der Waals surface area contributed by atoms with E-state index in [1.807, 2.05) is 20.8 Å². The number of hydrogen-bond acceptors (Lipinski definition) is 4. The Morgan fingerprint density at radius 2 is 2.17 bits per heavy atom. The van der Waals surface area contributed by atoms with Gasteiger partial charge in [-0.1, -0.05) is 26.0 Å². The summed E-state index contributed by atoms with van der Waals surface area (Å²) in [6, 6.07) is 0. The first-order valence-electron chi connectivity index (χ1n) is 5.78. The van der Waals surface area contributed by atoms with E-state index in [-0.39, 0.29) is 11.6 Å². The summed E-state index contributed by atoms with van der Waals surface area (Å²) < 4.78 is 0. The lowest BCUT2D eigenvalue weighted by molar-refractivity contribution is 0.0690. The summed E-state index contributed by atoms with van der Waals surface area (Å²) in [5.74, 6) is -0.397. The molecule has 0 fully saturated rings. The molecule has 0 aliphatic heterocycles. The average Bonchev–Trinajstić information content (AvgIpc) is 2.26. The minimum atomic E-state index is -1.04. The zero-order valence-electron chi connectivity index (χ0n) is 11.3. The first kappa shape index (κ1) is 14.2. The number of nitrogens with zero attached hydrogens (tertiary/aromatic N) is 3. The quantitative estimate of drug-likeness (QED) is 0.811. The monoisotopic (exact) mass is 249 g/mol. The summed E-state index contributed by atoms with van der Waals surface area (Å²) in [6.45, 7) is 10.1. The smallest absolute Gasteiger partial charge is 0.356 e. The van der Waals surface area contributed by atoms with Crippen LogP contribution in [0.3, 0.4) is 0 Å². The molecule has 0 atom stereocenters. The molecule has 18 heavy (non-hydrogen) atoms. The van der Waals surface area contributed by atoms with Crippen LogP contribution in [0, 0.1) is 0 Å². The average molecular weight is 249 g/mol. The van der Waals surface area contributed by atoms with E-state index in [0.29, 0.717) is 18.1 Å². The molecule has 0 spiro atoms. The van der Waals surface area contributed by atoms with E-state index < -0.39 is 5.97 Å². The van der Waals surface area contributed by atoms with Crippen molar-refractivity contribution in [1.29, 1.82) is 0 Å². The molecule has 1 aromatic heterocycles.